The SMILES string of the molecule is CN[C@@H](Cc1ccccc1)C(=O)N[C@@H](CCCCN)CN(CC(=O)N[C@@H](Cc1ccccc1)C(=O)N[C@@H](Cc1ccccc1)CN(CC(=O)N[C@@H](CCCCN)C(N)=O)S(=O)(=O)Cc1ccccc1)S(=O)(=O)CCN. The molecule has 0 spiro atoms. The van der Waals surface area contributed by atoms with E-state index in [1.165, 1.54) is 0 Å². The molecule has 22 heteroatoms. The Morgan fingerprint density at radius 3 is 1.37 bits per heavy atom. The van der Waals surface area contributed by atoms with Crippen LogP contribution in [0.25, 0.3) is 0 Å². The Morgan fingerprint density at radius 2 is 0.893 bits per heavy atom. The summed E-state index contributed by atoms with van der Waals surface area (Å²) in [5.41, 5.74) is 25.5. The molecule has 75 heavy (non-hydrogen) atoms. The first-order valence-corrected chi connectivity index (χ1v) is 28.6. The highest BCUT2D eigenvalue weighted by atomic mass is 32.2. The fourth-order valence-electron chi connectivity index (χ4n) is 8.42. The summed E-state index contributed by atoms with van der Waals surface area (Å²) in [6.07, 6.45) is 3.08. The third kappa shape index (κ3) is 22.3. The van der Waals surface area contributed by atoms with E-state index in [2.05, 4.69) is 26.6 Å². The summed E-state index contributed by atoms with van der Waals surface area (Å²) in [4.78, 5) is 69.0. The van der Waals surface area contributed by atoms with Gasteiger partial charge in [0, 0.05) is 38.1 Å². The summed E-state index contributed by atoms with van der Waals surface area (Å²) in [5.74, 6) is -4.55. The van der Waals surface area contributed by atoms with Gasteiger partial charge >= 0.3 is 0 Å². The van der Waals surface area contributed by atoms with E-state index in [-0.39, 0.29) is 38.3 Å². The Morgan fingerprint density at radius 1 is 0.480 bits per heavy atom. The lowest BCUT2D eigenvalue weighted by molar-refractivity contribution is -0.129. The van der Waals surface area contributed by atoms with Gasteiger partial charge in [0.15, 0.2) is 0 Å². The quantitative estimate of drug-likeness (QED) is 0.0279. The van der Waals surface area contributed by atoms with Gasteiger partial charge in [-0.05, 0) is 87.3 Å². The molecule has 0 aliphatic rings. The zero-order valence-electron chi connectivity index (χ0n) is 42.9. The lowest BCUT2D eigenvalue weighted by Gasteiger charge is -2.30. The molecule has 0 unspecified atom stereocenters. The molecule has 13 N–H and O–H groups in total. The minimum atomic E-state index is -4.33. The van der Waals surface area contributed by atoms with E-state index >= 15 is 0 Å². The van der Waals surface area contributed by atoms with E-state index in [1.807, 2.05) is 30.3 Å². The first-order valence-electron chi connectivity index (χ1n) is 25.3. The zero-order chi connectivity index (χ0) is 54.6. The smallest absolute Gasteiger partial charge is 0.243 e. The predicted molar refractivity (Wildman–Crippen MR) is 291 cm³/mol. The van der Waals surface area contributed by atoms with Crippen molar-refractivity contribution in [3.63, 3.8) is 0 Å². The van der Waals surface area contributed by atoms with Crippen LogP contribution in [0.2, 0.25) is 0 Å². The van der Waals surface area contributed by atoms with Gasteiger partial charge in [-0.25, -0.2) is 16.8 Å². The van der Waals surface area contributed by atoms with E-state index in [9.17, 15) is 40.8 Å². The molecule has 0 aliphatic carbocycles. The average Bonchev–Trinajstić information content (AvgIpc) is 3.38. The van der Waals surface area contributed by atoms with Crippen molar-refractivity contribution >= 4 is 49.6 Å². The van der Waals surface area contributed by atoms with E-state index in [0.29, 0.717) is 68.3 Å². The summed E-state index contributed by atoms with van der Waals surface area (Å²) in [5, 5.41) is 14.3. The molecular weight excluding hydrogens is 999 g/mol. The Labute approximate surface area is 442 Å². The largest absolute Gasteiger partial charge is 0.368 e. The summed E-state index contributed by atoms with van der Waals surface area (Å²) < 4.78 is 58.6. The van der Waals surface area contributed by atoms with Crippen LogP contribution in [-0.4, -0.2) is 144 Å². The number of primary amides is 1. The van der Waals surface area contributed by atoms with Gasteiger partial charge in [-0.2, -0.15) is 8.61 Å². The molecule has 0 bridgehead atoms. The number of carbonyl (C=O) groups is 5. The number of unbranched alkanes of at least 4 members (excludes halogenated alkanes) is 2. The van der Waals surface area contributed by atoms with Gasteiger partial charge in [0.25, 0.3) is 0 Å². The molecule has 5 atom stereocenters. The standard InChI is InChI=1S/C53H77N11O9S2/c1-58-47(33-41-20-8-3-9-21-41)52(68)59-44(26-14-16-28-54)35-63(74(70,71)31-30-56)37-50(66)62-48(34-42-22-10-4-11-23-42)53(69)60-45(32-40-18-6-2-7-19-40)36-64(75(72,73)39-43-24-12-5-13-25-43)38-49(65)61-46(51(57)67)27-15-17-29-55/h2-13,18-25,44-48,58H,14-17,26-39,54-56H2,1H3,(H2,57,67)(H,59,68)(H,60,69)(H,61,65)(H,62,66)/t44-,45-,46-,47-,48-/m0/s1. The van der Waals surface area contributed by atoms with Gasteiger partial charge < -0.3 is 49.5 Å². The molecule has 410 valence electrons. The number of amides is 5. The Balaban J connectivity index is 1.67. The second-order valence-corrected chi connectivity index (χ2v) is 22.5. The van der Waals surface area contributed by atoms with Crippen LogP contribution in [0, 0.1) is 0 Å². The topological polar surface area (TPSA) is 324 Å². The number of benzene rings is 4. The molecule has 4 aromatic carbocycles. The van der Waals surface area contributed by atoms with Crippen molar-refractivity contribution < 1.29 is 40.8 Å². The predicted octanol–water partition coefficient (Wildman–Crippen LogP) is 0.407. The van der Waals surface area contributed by atoms with Crippen molar-refractivity contribution in [2.45, 2.75) is 93.7 Å². The third-order valence-corrected chi connectivity index (χ3v) is 16.0. The number of rotatable bonds is 36. The van der Waals surface area contributed by atoms with Gasteiger partial charge in [0.05, 0.1) is 30.6 Å². The van der Waals surface area contributed by atoms with Crippen LogP contribution in [0.3, 0.4) is 0 Å². The van der Waals surface area contributed by atoms with Crippen LogP contribution < -0.4 is 49.5 Å². The highest BCUT2D eigenvalue weighted by molar-refractivity contribution is 7.89. The lowest BCUT2D eigenvalue weighted by atomic mass is 10.0. The molecule has 0 radical (unpaired) electrons. The van der Waals surface area contributed by atoms with E-state index in [4.69, 9.17) is 22.9 Å². The number of nitrogens with one attached hydrogen (secondary N) is 5. The monoisotopic (exact) mass is 1080 g/mol. The van der Waals surface area contributed by atoms with Gasteiger partial charge in [0.1, 0.15) is 12.1 Å². The van der Waals surface area contributed by atoms with Crippen molar-refractivity contribution in [2.24, 2.45) is 22.9 Å². The zero-order valence-corrected chi connectivity index (χ0v) is 44.5. The summed E-state index contributed by atoms with van der Waals surface area (Å²) in [7, 11) is -6.89. The second kappa shape index (κ2) is 32.4. The van der Waals surface area contributed by atoms with Crippen molar-refractivity contribution in [3.05, 3.63) is 144 Å². The van der Waals surface area contributed by atoms with Gasteiger partial charge in [0.2, 0.25) is 49.6 Å². The van der Waals surface area contributed by atoms with Gasteiger partial charge in [-0.1, -0.05) is 128 Å². The number of sulfonamides is 2. The summed E-state index contributed by atoms with van der Waals surface area (Å²) in [6.45, 7) is -1.72. The molecule has 5 amide bonds. The summed E-state index contributed by atoms with van der Waals surface area (Å²) in [6, 6.07) is 30.6. The fraction of sp³-hybridized carbons (Fsp3) is 0.453. The molecule has 0 aliphatic heterocycles. The number of hydrogen-bond donors (Lipinski definition) is 9. The molecule has 4 aromatic rings. The maximum absolute atomic E-state index is 14.8. The third-order valence-electron chi connectivity index (χ3n) is 12.4. The van der Waals surface area contributed by atoms with Crippen molar-refractivity contribution in [3.8, 4) is 0 Å². The Kier molecular flexibility index (Phi) is 26.5. The van der Waals surface area contributed by atoms with Crippen LogP contribution in [0.4, 0.5) is 0 Å². The number of hydrogen-bond acceptors (Lipinski definition) is 13. The minimum absolute atomic E-state index is 0.0618. The minimum Gasteiger partial charge on any atom is -0.368 e. The number of nitrogens with zero attached hydrogens (tertiary/aromatic N) is 2. The highest BCUT2D eigenvalue weighted by Crippen LogP contribution is 2.16. The first kappa shape index (κ1) is 61.4. The van der Waals surface area contributed by atoms with Crippen LogP contribution in [0.5, 0.6) is 0 Å². The Bertz CT molecular complexity index is 2590. The van der Waals surface area contributed by atoms with Crippen LogP contribution >= 0.6 is 0 Å². The van der Waals surface area contributed by atoms with Gasteiger partial charge in [-0.3, -0.25) is 24.0 Å². The first-order chi connectivity index (χ1) is 36.0. The van der Waals surface area contributed by atoms with Crippen molar-refractivity contribution in [1.29, 1.82) is 0 Å². The fourth-order valence-corrected chi connectivity index (χ4v) is 11.2. The molecule has 0 saturated carbocycles. The molecule has 4 rings (SSSR count). The molecule has 20 nitrogen and oxygen atoms in total. The lowest BCUT2D eigenvalue weighted by Crippen LogP contribution is -2.57. The highest BCUT2D eigenvalue weighted by Gasteiger charge is 2.34. The van der Waals surface area contributed by atoms with Crippen LogP contribution in [0.1, 0.15) is 60.8 Å². The average molecular weight is 1080 g/mol. The summed E-state index contributed by atoms with van der Waals surface area (Å²) >= 11 is 0. The van der Waals surface area contributed by atoms with Crippen LogP contribution in [0.15, 0.2) is 121 Å². The van der Waals surface area contributed by atoms with Crippen molar-refractivity contribution in [2.75, 3.05) is 58.6 Å². The molecule has 0 fully saturated rings. The van der Waals surface area contributed by atoms with Crippen molar-refractivity contribution in [1.82, 2.24) is 35.2 Å². The normalized spacial score (nSPS) is 13.8. The maximum atomic E-state index is 14.8. The number of carbonyl (C=O) groups excluding carboxylic acids is 5. The van der Waals surface area contributed by atoms with Crippen LogP contribution in [-0.2, 0) is 69.0 Å². The molecular formula is C53H77N11O9S2. The van der Waals surface area contributed by atoms with E-state index in [0.717, 1.165) is 14.2 Å². The number of likely N-dealkylation sites (N-methyl/N-ethyl adjacent to an activating group) is 1. The van der Waals surface area contributed by atoms with Gasteiger partial charge in [-0.15, -0.1) is 0 Å². The molecule has 0 saturated heterocycles. The second-order valence-electron chi connectivity index (χ2n) is 18.5. The Hall–Kier alpha value is -6.11. The van der Waals surface area contributed by atoms with E-state index < -0.39 is 105 Å². The number of nitrogens with two attached hydrogens (primary N) is 4. The molecule has 0 heterocycles. The maximum Gasteiger partial charge on any atom is 0.243 e. The molecule has 0 aromatic heterocycles. The van der Waals surface area contributed by atoms with E-state index in [1.54, 1.807) is 98.0 Å².